The number of fused-ring (bicyclic) bond motifs is 1. The number of hydrogen-bond acceptors (Lipinski definition) is 7. The van der Waals surface area contributed by atoms with Crippen molar-refractivity contribution in [2.24, 2.45) is 0 Å². The van der Waals surface area contributed by atoms with Crippen molar-refractivity contribution in [2.45, 2.75) is 38.5 Å². The van der Waals surface area contributed by atoms with E-state index in [1.165, 1.54) is 17.7 Å². The molecule has 4 heterocycles. The van der Waals surface area contributed by atoms with Gasteiger partial charge in [-0.1, -0.05) is 24.9 Å². The van der Waals surface area contributed by atoms with Crippen LogP contribution in [0.15, 0.2) is 48.0 Å². The Bertz CT molecular complexity index is 1300. The number of thiazole rings is 1. The number of halogens is 1. The Hall–Kier alpha value is -2.46. The number of hydrogen-bond donors (Lipinski definition) is 1. The van der Waals surface area contributed by atoms with E-state index in [-0.39, 0.29) is 12.4 Å². The smallest absolute Gasteiger partial charge is 0.191 e. The van der Waals surface area contributed by atoms with Crippen LogP contribution in [-0.2, 0) is 6.42 Å². The van der Waals surface area contributed by atoms with Crippen molar-refractivity contribution in [2.75, 3.05) is 37.4 Å². The fraction of sp³-hybridized carbons (Fsp3) is 0.407. The van der Waals surface area contributed by atoms with Crippen LogP contribution in [0.5, 0.6) is 0 Å². The number of aromatic nitrogens is 3. The second-order valence-corrected chi connectivity index (χ2v) is 11.1. The van der Waals surface area contributed by atoms with Crippen molar-refractivity contribution >= 4 is 39.9 Å². The summed E-state index contributed by atoms with van der Waals surface area (Å²) in [6.45, 7) is 4.54. The molecule has 0 bridgehead atoms. The van der Waals surface area contributed by atoms with Crippen molar-refractivity contribution in [3.63, 3.8) is 0 Å². The van der Waals surface area contributed by atoms with Gasteiger partial charge >= 0.3 is 0 Å². The third kappa shape index (κ3) is 5.29. The van der Waals surface area contributed by atoms with E-state index in [0.29, 0.717) is 5.92 Å². The van der Waals surface area contributed by atoms with Gasteiger partial charge in [0.25, 0.3) is 0 Å². The van der Waals surface area contributed by atoms with Crippen LogP contribution in [0.3, 0.4) is 0 Å². The van der Waals surface area contributed by atoms with Crippen molar-refractivity contribution < 1.29 is 9.50 Å². The molecule has 1 saturated heterocycles. The lowest BCUT2D eigenvalue weighted by molar-refractivity contribution is 0.295. The van der Waals surface area contributed by atoms with E-state index in [4.69, 9.17) is 15.1 Å². The second kappa shape index (κ2) is 11.3. The van der Waals surface area contributed by atoms with E-state index in [9.17, 15) is 4.39 Å². The van der Waals surface area contributed by atoms with Crippen molar-refractivity contribution in [3.05, 3.63) is 65.0 Å². The van der Waals surface area contributed by atoms with Gasteiger partial charge in [0.05, 0.1) is 11.4 Å². The molecule has 3 aromatic heterocycles. The molecule has 0 spiro atoms. The summed E-state index contributed by atoms with van der Waals surface area (Å²) in [5.41, 5.74) is 5.10. The Balaban J connectivity index is 1.39. The quantitative estimate of drug-likeness (QED) is 0.209. The molecule has 9 heteroatoms. The van der Waals surface area contributed by atoms with Crippen LogP contribution >= 0.6 is 23.3 Å². The molecule has 1 aliphatic heterocycles. The number of rotatable bonds is 9. The molecule has 36 heavy (non-hydrogen) atoms. The minimum Gasteiger partial charge on any atom is -0.396 e. The first-order valence-corrected chi connectivity index (χ1v) is 14.3. The van der Waals surface area contributed by atoms with E-state index in [0.717, 1.165) is 78.1 Å². The number of aliphatic hydroxyl groups excluding tert-OH is 1. The zero-order valence-corrected chi connectivity index (χ0v) is 22.4. The first-order valence-electron chi connectivity index (χ1n) is 12.5. The van der Waals surface area contributed by atoms with E-state index in [1.807, 2.05) is 24.4 Å². The number of anilines is 2. The van der Waals surface area contributed by atoms with Crippen molar-refractivity contribution in [3.8, 4) is 11.3 Å². The fourth-order valence-corrected chi connectivity index (χ4v) is 6.56. The molecular weight excluding hydrogens is 493 g/mol. The zero-order chi connectivity index (χ0) is 25.1. The molecule has 0 atom stereocenters. The van der Waals surface area contributed by atoms with Gasteiger partial charge < -0.3 is 10.0 Å². The Morgan fingerprint density at radius 1 is 1.14 bits per heavy atom. The van der Waals surface area contributed by atoms with Gasteiger partial charge in [0.2, 0.25) is 0 Å². The molecule has 0 aliphatic carbocycles. The Labute approximate surface area is 219 Å². The molecule has 1 N–H and O–H groups in total. The molecule has 0 unspecified atom stereocenters. The Kier molecular flexibility index (Phi) is 7.90. The van der Waals surface area contributed by atoms with Crippen LogP contribution in [0.2, 0.25) is 0 Å². The maximum Gasteiger partial charge on any atom is 0.191 e. The molecule has 6 nitrogen and oxygen atoms in total. The topological polar surface area (TPSA) is 56.9 Å². The summed E-state index contributed by atoms with van der Waals surface area (Å²) in [7, 11) is 2.05. The van der Waals surface area contributed by atoms with Gasteiger partial charge in [0.1, 0.15) is 17.3 Å². The molecule has 1 fully saturated rings. The van der Waals surface area contributed by atoms with Crippen molar-refractivity contribution in [1.82, 2.24) is 18.7 Å². The molecule has 5 rings (SSSR count). The highest BCUT2D eigenvalue weighted by molar-refractivity contribution is 7.97. The normalized spacial score (nSPS) is 15.1. The number of imidazole rings is 1. The number of piperidine rings is 1. The van der Waals surface area contributed by atoms with Crippen LogP contribution in [-0.4, -0.2) is 56.3 Å². The maximum atomic E-state index is 13.4. The lowest BCUT2D eigenvalue weighted by atomic mass is 9.91. The molecule has 0 amide bonds. The van der Waals surface area contributed by atoms with Crippen LogP contribution in [0.4, 0.5) is 15.3 Å². The predicted octanol–water partition coefficient (Wildman–Crippen LogP) is 6.14. The summed E-state index contributed by atoms with van der Waals surface area (Å²) in [5.74, 6) is 2.31. The minimum atomic E-state index is -0.244. The standard InChI is InChI=1S/C27H32FN5OS2/c1-3-23-26(31(2)27-30-24(18-35-27)20-5-8-22(28)9-6-20)33-17-21(7-10-25(33)29-23)19-11-13-32(14-12-19)36-16-4-15-34/h5-10,17-19,34H,3-4,11-16H2,1-2H3. The lowest BCUT2D eigenvalue weighted by Crippen LogP contribution is -2.28. The lowest BCUT2D eigenvalue weighted by Gasteiger charge is -2.31. The Morgan fingerprint density at radius 3 is 2.64 bits per heavy atom. The molecule has 0 radical (unpaired) electrons. The highest BCUT2D eigenvalue weighted by Crippen LogP contribution is 2.36. The molecule has 0 saturated carbocycles. The highest BCUT2D eigenvalue weighted by Gasteiger charge is 2.23. The van der Waals surface area contributed by atoms with E-state index in [1.54, 1.807) is 23.5 Å². The van der Waals surface area contributed by atoms with Gasteiger partial charge in [0.15, 0.2) is 5.13 Å². The summed E-state index contributed by atoms with van der Waals surface area (Å²) < 4.78 is 18.0. The highest BCUT2D eigenvalue weighted by atomic mass is 32.2. The molecule has 1 aromatic carbocycles. The maximum absolute atomic E-state index is 13.4. The minimum absolute atomic E-state index is 0.244. The Morgan fingerprint density at radius 2 is 1.92 bits per heavy atom. The van der Waals surface area contributed by atoms with Gasteiger partial charge in [0, 0.05) is 49.6 Å². The summed E-state index contributed by atoms with van der Waals surface area (Å²) in [5, 5.41) is 11.9. The predicted molar refractivity (Wildman–Crippen MR) is 148 cm³/mol. The monoisotopic (exact) mass is 525 g/mol. The summed E-state index contributed by atoms with van der Waals surface area (Å²) in [6.07, 6.45) is 6.21. The third-order valence-corrected chi connectivity index (χ3v) is 8.88. The average Bonchev–Trinajstić information content (AvgIpc) is 3.54. The van der Waals surface area contributed by atoms with E-state index < -0.39 is 0 Å². The fourth-order valence-electron chi connectivity index (χ4n) is 4.77. The first-order chi connectivity index (χ1) is 17.6. The number of aryl methyl sites for hydroxylation is 1. The number of aliphatic hydroxyl groups is 1. The number of benzene rings is 1. The van der Waals surface area contributed by atoms with Gasteiger partial charge in [-0.25, -0.2) is 14.4 Å². The summed E-state index contributed by atoms with van der Waals surface area (Å²) in [6, 6.07) is 10.8. The second-order valence-electron chi connectivity index (χ2n) is 9.12. The molecule has 4 aromatic rings. The van der Waals surface area contributed by atoms with Gasteiger partial charge in [-0.2, -0.15) is 0 Å². The van der Waals surface area contributed by atoms with Gasteiger partial charge in [-0.15, -0.1) is 11.3 Å². The van der Waals surface area contributed by atoms with Crippen LogP contribution in [0.25, 0.3) is 16.9 Å². The van der Waals surface area contributed by atoms with Crippen LogP contribution in [0, 0.1) is 5.82 Å². The average molecular weight is 526 g/mol. The van der Waals surface area contributed by atoms with Crippen LogP contribution in [0.1, 0.15) is 43.4 Å². The van der Waals surface area contributed by atoms with E-state index in [2.05, 4.69) is 38.9 Å². The molecular formula is C27H32FN5OS2. The number of nitrogens with zero attached hydrogens (tertiary/aromatic N) is 5. The number of pyridine rings is 1. The van der Waals surface area contributed by atoms with Crippen LogP contribution < -0.4 is 4.90 Å². The van der Waals surface area contributed by atoms with Crippen molar-refractivity contribution in [1.29, 1.82) is 0 Å². The summed E-state index contributed by atoms with van der Waals surface area (Å²) in [4.78, 5) is 11.9. The SMILES string of the molecule is CCc1nc2ccc(C3CCN(SCCCO)CC3)cn2c1N(C)c1nc(-c2ccc(F)cc2)cs1. The molecule has 1 aliphatic rings. The molecule has 190 valence electrons. The largest absolute Gasteiger partial charge is 0.396 e. The van der Waals surface area contributed by atoms with Gasteiger partial charge in [-0.05, 0) is 67.5 Å². The summed E-state index contributed by atoms with van der Waals surface area (Å²) >= 11 is 3.44. The van der Waals surface area contributed by atoms with Gasteiger partial charge in [-0.3, -0.25) is 8.71 Å². The zero-order valence-electron chi connectivity index (χ0n) is 20.7. The van der Waals surface area contributed by atoms with E-state index >= 15 is 0 Å². The first kappa shape index (κ1) is 25.2. The third-order valence-electron chi connectivity index (χ3n) is 6.76.